The topological polar surface area (TPSA) is 69.2 Å². The van der Waals surface area contributed by atoms with E-state index in [0.29, 0.717) is 24.7 Å². The normalized spacial score (nSPS) is 11.9. The lowest BCUT2D eigenvalue weighted by molar-refractivity contribution is -0.127. The molecule has 2 aromatic carbocycles. The molecule has 0 saturated heterocycles. The van der Waals surface area contributed by atoms with Crippen LogP contribution in [0.5, 0.6) is 17.2 Å². The molecule has 29 heavy (non-hydrogen) atoms. The molecule has 2 aromatic rings. The fourth-order valence-electron chi connectivity index (χ4n) is 2.30. The van der Waals surface area contributed by atoms with Crippen molar-refractivity contribution in [3.8, 4) is 17.2 Å². The first kappa shape index (κ1) is 22.7. The zero-order valence-corrected chi connectivity index (χ0v) is 18.6. The van der Waals surface area contributed by atoms with Crippen LogP contribution in [0.2, 0.25) is 0 Å². The monoisotopic (exact) mass is 462 g/mol. The molecule has 0 bridgehead atoms. The molecule has 0 aliphatic carbocycles. The van der Waals surface area contributed by atoms with E-state index in [1.807, 2.05) is 37.3 Å². The molecular weight excluding hydrogens is 436 g/mol. The third kappa shape index (κ3) is 7.77. The number of hydrogen-bond donors (Lipinski definition) is 1. The summed E-state index contributed by atoms with van der Waals surface area (Å²) in [5.41, 5.74) is 3.26. The zero-order chi connectivity index (χ0) is 21.1. The Bertz CT molecular complexity index is 809. The Morgan fingerprint density at radius 2 is 1.72 bits per heavy atom. The van der Waals surface area contributed by atoms with E-state index >= 15 is 0 Å². The molecular formula is C22H27BrN2O4. The average Bonchev–Trinajstić information content (AvgIpc) is 2.73. The Morgan fingerprint density at radius 1 is 1.07 bits per heavy atom. The molecule has 1 amide bonds. The summed E-state index contributed by atoms with van der Waals surface area (Å²) in [7, 11) is 0. The van der Waals surface area contributed by atoms with Gasteiger partial charge in [-0.2, -0.15) is 5.10 Å². The molecule has 6 nitrogen and oxygen atoms in total. The van der Waals surface area contributed by atoms with Crippen molar-refractivity contribution in [2.45, 2.75) is 39.7 Å². The maximum absolute atomic E-state index is 12.2. The second-order valence-corrected chi connectivity index (χ2v) is 7.26. The summed E-state index contributed by atoms with van der Waals surface area (Å²) in [6.07, 6.45) is 2.69. The highest BCUT2D eigenvalue weighted by Gasteiger charge is 2.14. The molecule has 1 N–H and O–H groups in total. The van der Waals surface area contributed by atoms with Crippen molar-refractivity contribution in [3.63, 3.8) is 0 Å². The lowest BCUT2D eigenvalue weighted by atomic mass is 10.2. The smallest absolute Gasteiger partial charge is 0.280 e. The van der Waals surface area contributed by atoms with E-state index in [2.05, 4.69) is 33.4 Å². The molecule has 0 aromatic heterocycles. The van der Waals surface area contributed by atoms with Crippen molar-refractivity contribution in [1.29, 1.82) is 0 Å². The first-order valence-corrected chi connectivity index (χ1v) is 10.5. The summed E-state index contributed by atoms with van der Waals surface area (Å²) >= 11 is 3.36. The second-order valence-electron chi connectivity index (χ2n) is 6.34. The largest absolute Gasteiger partial charge is 0.493 e. The van der Waals surface area contributed by atoms with Gasteiger partial charge >= 0.3 is 0 Å². The van der Waals surface area contributed by atoms with E-state index in [1.165, 1.54) is 0 Å². The van der Waals surface area contributed by atoms with Gasteiger partial charge in [-0.15, -0.1) is 0 Å². The van der Waals surface area contributed by atoms with Crippen molar-refractivity contribution in [3.05, 3.63) is 52.5 Å². The van der Waals surface area contributed by atoms with Gasteiger partial charge in [-0.3, -0.25) is 4.79 Å². The highest BCUT2D eigenvalue weighted by molar-refractivity contribution is 9.10. The molecule has 0 spiro atoms. The van der Waals surface area contributed by atoms with Crippen LogP contribution in [0.15, 0.2) is 52.0 Å². The lowest BCUT2D eigenvalue weighted by Gasteiger charge is -2.13. The lowest BCUT2D eigenvalue weighted by Crippen LogP contribution is -2.33. The minimum absolute atomic E-state index is 0.344. The molecule has 0 heterocycles. The number of hydrogen-bond acceptors (Lipinski definition) is 5. The Balaban J connectivity index is 1.97. The van der Waals surface area contributed by atoms with E-state index < -0.39 is 6.10 Å². The first-order valence-electron chi connectivity index (χ1n) is 9.68. The number of nitrogens with zero attached hydrogens (tertiary/aromatic N) is 1. The van der Waals surface area contributed by atoms with Crippen LogP contribution in [-0.2, 0) is 4.79 Å². The summed E-state index contributed by atoms with van der Waals surface area (Å²) in [5, 5.41) is 4.05. The van der Waals surface area contributed by atoms with Crippen LogP contribution in [0.3, 0.4) is 0 Å². The van der Waals surface area contributed by atoms with Gasteiger partial charge < -0.3 is 14.2 Å². The Labute approximate surface area is 180 Å². The summed E-state index contributed by atoms with van der Waals surface area (Å²) in [5.74, 6) is 1.68. The Hall–Kier alpha value is -2.54. The van der Waals surface area contributed by atoms with E-state index in [-0.39, 0.29) is 5.91 Å². The number of halogens is 1. The number of amides is 1. The molecule has 0 aliphatic heterocycles. The fourth-order valence-corrected chi connectivity index (χ4v) is 2.56. The predicted octanol–water partition coefficient (Wildman–Crippen LogP) is 4.94. The summed E-state index contributed by atoms with van der Waals surface area (Å²) in [6.45, 7) is 7.00. The SMILES string of the molecule is CCCOc1ccc(/C=N/NC(=O)C(C)Oc2ccc(Br)cc2)c(OCCC)c1. The maximum atomic E-state index is 12.2. The number of ether oxygens (including phenoxy) is 3. The predicted molar refractivity (Wildman–Crippen MR) is 118 cm³/mol. The van der Waals surface area contributed by atoms with E-state index in [1.54, 1.807) is 25.3 Å². The zero-order valence-electron chi connectivity index (χ0n) is 17.0. The van der Waals surface area contributed by atoms with Crippen molar-refractivity contribution in [1.82, 2.24) is 5.43 Å². The number of benzene rings is 2. The number of carbonyl (C=O) groups is 1. The van der Waals surface area contributed by atoms with Gasteiger partial charge in [0.05, 0.1) is 19.4 Å². The standard InChI is InChI=1S/C22H27BrN2O4/c1-4-12-27-20-9-6-17(21(14-20)28-13-5-2)15-24-25-22(26)16(3)29-19-10-7-18(23)8-11-19/h6-11,14-16H,4-5,12-13H2,1-3H3,(H,25,26)/b24-15+. The highest BCUT2D eigenvalue weighted by atomic mass is 79.9. The Kier molecular flexibility index (Phi) is 9.50. The minimum atomic E-state index is -0.686. The average molecular weight is 463 g/mol. The molecule has 0 saturated carbocycles. The molecule has 1 unspecified atom stereocenters. The quantitative estimate of drug-likeness (QED) is 0.379. The van der Waals surface area contributed by atoms with Gasteiger partial charge in [0.15, 0.2) is 6.10 Å². The van der Waals surface area contributed by atoms with Crippen molar-refractivity contribution < 1.29 is 19.0 Å². The van der Waals surface area contributed by atoms with Crippen LogP contribution < -0.4 is 19.6 Å². The van der Waals surface area contributed by atoms with Gasteiger partial charge in [0, 0.05) is 16.1 Å². The van der Waals surface area contributed by atoms with Crippen LogP contribution in [0.1, 0.15) is 39.2 Å². The van der Waals surface area contributed by atoms with Gasteiger partial charge in [-0.05, 0) is 56.2 Å². The number of carbonyl (C=O) groups excluding carboxylic acids is 1. The molecule has 7 heteroatoms. The van der Waals surface area contributed by atoms with Gasteiger partial charge in [0.2, 0.25) is 0 Å². The number of nitrogens with one attached hydrogen (secondary N) is 1. The summed E-state index contributed by atoms with van der Waals surface area (Å²) in [4.78, 5) is 12.2. The number of rotatable bonds is 11. The Morgan fingerprint density at radius 3 is 2.41 bits per heavy atom. The first-order chi connectivity index (χ1) is 14.0. The van der Waals surface area contributed by atoms with Gasteiger partial charge in [-0.25, -0.2) is 5.43 Å². The van der Waals surface area contributed by atoms with Crippen molar-refractivity contribution >= 4 is 28.1 Å². The third-order valence-corrected chi connectivity index (χ3v) is 4.32. The van der Waals surface area contributed by atoms with Crippen LogP contribution in [-0.4, -0.2) is 31.4 Å². The third-order valence-electron chi connectivity index (χ3n) is 3.79. The van der Waals surface area contributed by atoms with E-state index in [4.69, 9.17) is 14.2 Å². The van der Waals surface area contributed by atoms with Crippen LogP contribution in [0.25, 0.3) is 0 Å². The number of hydrazone groups is 1. The van der Waals surface area contributed by atoms with Crippen LogP contribution >= 0.6 is 15.9 Å². The molecule has 0 aliphatic rings. The van der Waals surface area contributed by atoms with Crippen LogP contribution in [0, 0.1) is 0 Å². The molecule has 2 rings (SSSR count). The molecule has 1 atom stereocenters. The molecule has 0 radical (unpaired) electrons. The van der Waals surface area contributed by atoms with Crippen LogP contribution in [0.4, 0.5) is 0 Å². The minimum Gasteiger partial charge on any atom is -0.493 e. The van der Waals surface area contributed by atoms with Gasteiger partial charge in [0.1, 0.15) is 17.2 Å². The maximum Gasteiger partial charge on any atom is 0.280 e. The van der Waals surface area contributed by atoms with E-state index in [9.17, 15) is 4.79 Å². The van der Waals surface area contributed by atoms with Gasteiger partial charge in [0.25, 0.3) is 5.91 Å². The fraction of sp³-hybridized carbons (Fsp3) is 0.364. The highest BCUT2D eigenvalue weighted by Crippen LogP contribution is 2.24. The van der Waals surface area contributed by atoms with Crippen molar-refractivity contribution in [2.24, 2.45) is 5.10 Å². The van der Waals surface area contributed by atoms with Crippen molar-refractivity contribution in [2.75, 3.05) is 13.2 Å². The van der Waals surface area contributed by atoms with E-state index in [0.717, 1.165) is 28.6 Å². The second kappa shape index (κ2) is 12.1. The summed E-state index contributed by atoms with van der Waals surface area (Å²) in [6, 6.07) is 12.8. The van der Waals surface area contributed by atoms with Gasteiger partial charge in [-0.1, -0.05) is 29.8 Å². The molecule has 156 valence electrons. The molecule has 0 fully saturated rings. The summed E-state index contributed by atoms with van der Waals surface area (Å²) < 4.78 is 18.0.